The SMILES string of the molecule is CCCc1nn(C)c2ccc(Nc3nc(N=C4CCCC[C@@H]4N)c(F)cc3C(N)=O)cc12. The molecule has 0 unspecified atom stereocenters. The third-order valence-electron chi connectivity index (χ3n) is 5.77. The van der Waals surface area contributed by atoms with E-state index in [-0.39, 0.29) is 23.2 Å². The number of aromatic nitrogens is 3. The normalized spacial score (nSPS) is 17.8. The highest BCUT2D eigenvalue weighted by molar-refractivity contribution is 5.99. The Kier molecular flexibility index (Phi) is 6.18. The number of nitrogens with one attached hydrogen (secondary N) is 1. The molecule has 3 aromatic rings. The van der Waals surface area contributed by atoms with E-state index in [1.54, 1.807) is 0 Å². The molecule has 1 saturated carbocycles. The standard InChI is InChI=1S/C23H28FN7O/c1-3-6-18-14-11-13(9-10-20(14)31(2)30-18)27-22-15(21(26)32)12-16(24)23(29-22)28-19-8-5-4-7-17(19)25/h9-12,17H,3-8,25H2,1-2H3,(H2,26,32)(H,27,29)/t17-/m0/s1. The van der Waals surface area contributed by atoms with Crippen LogP contribution in [0.3, 0.4) is 0 Å². The highest BCUT2D eigenvalue weighted by Gasteiger charge is 2.20. The Bertz CT molecular complexity index is 1200. The third kappa shape index (κ3) is 4.34. The first-order chi connectivity index (χ1) is 15.4. The molecule has 1 aliphatic rings. The fourth-order valence-electron chi connectivity index (χ4n) is 4.11. The Hall–Kier alpha value is -3.33. The van der Waals surface area contributed by atoms with Crippen molar-refractivity contribution in [3.63, 3.8) is 0 Å². The number of rotatable bonds is 6. The van der Waals surface area contributed by atoms with Gasteiger partial charge >= 0.3 is 0 Å². The van der Waals surface area contributed by atoms with Crippen LogP contribution in [0.15, 0.2) is 29.3 Å². The molecule has 0 bridgehead atoms. The number of nitrogens with zero attached hydrogens (tertiary/aromatic N) is 4. The number of aliphatic imine (C=N–C) groups is 1. The van der Waals surface area contributed by atoms with Crippen molar-refractivity contribution in [1.29, 1.82) is 0 Å². The zero-order valence-electron chi connectivity index (χ0n) is 18.4. The summed E-state index contributed by atoms with van der Waals surface area (Å²) in [4.78, 5) is 20.7. The Morgan fingerprint density at radius 1 is 1.34 bits per heavy atom. The summed E-state index contributed by atoms with van der Waals surface area (Å²) in [6, 6.07) is 6.63. The van der Waals surface area contributed by atoms with E-state index < -0.39 is 11.7 Å². The Morgan fingerprint density at radius 2 is 2.16 bits per heavy atom. The fraction of sp³-hybridized carbons (Fsp3) is 0.391. The molecule has 1 aliphatic carbocycles. The van der Waals surface area contributed by atoms with Crippen molar-refractivity contribution in [2.75, 3.05) is 5.32 Å². The molecule has 0 aliphatic heterocycles. The summed E-state index contributed by atoms with van der Waals surface area (Å²) in [7, 11) is 1.91. The second kappa shape index (κ2) is 9.04. The van der Waals surface area contributed by atoms with E-state index in [0.29, 0.717) is 12.1 Å². The molecule has 0 spiro atoms. The molecular formula is C23H28FN7O. The molecule has 1 atom stereocenters. The number of benzene rings is 1. The van der Waals surface area contributed by atoms with Crippen LogP contribution in [0.2, 0.25) is 0 Å². The molecule has 168 valence electrons. The zero-order chi connectivity index (χ0) is 22.8. The van der Waals surface area contributed by atoms with Gasteiger partial charge in [-0.15, -0.1) is 0 Å². The van der Waals surface area contributed by atoms with E-state index in [1.165, 1.54) is 0 Å². The van der Waals surface area contributed by atoms with Crippen LogP contribution in [-0.2, 0) is 13.5 Å². The number of aryl methyl sites for hydroxylation is 2. The Balaban J connectivity index is 1.74. The van der Waals surface area contributed by atoms with Gasteiger partial charge in [0.2, 0.25) is 0 Å². The lowest BCUT2D eigenvalue weighted by Gasteiger charge is -2.20. The Morgan fingerprint density at radius 3 is 2.88 bits per heavy atom. The first-order valence-corrected chi connectivity index (χ1v) is 10.9. The number of carbonyl (C=O) groups is 1. The predicted octanol–water partition coefficient (Wildman–Crippen LogP) is 3.88. The maximum absolute atomic E-state index is 14.7. The number of pyridine rings is 1. The number of primary amides is 1. The van der Waals surface area contributed by atoms with Crippen LogP contribution in [0.4, 0.5) is 21.7 Å². The molecule has 32 heavy (non-hydrogen) atoms. The van der Waals surface area contributed by atoms with E-state index in [0.717, 1.165) is 60.5 Å². The lowest BCUT2D eigenvalue weighted by molar-refractivity contribution is 0.100. The van der Waals surface area contributed by atoms with E-state index in [2.05, 4.69) is 27.3 Å². The molecule has 2 heterocycles. The molecular weight excluding hydrogens is 409 g/mol. The summed E-state index contributed by atoms with van der Waals surface area (Å²) < 4.78 is 16.5. The van der Waals surface area contributed by atoms with Gasteiger partial charge in [0.15, 0.2) is 11.6 Å². The van der Waals surface area contributed by atoms with E-state index in [9.17, 15) is 9.18 Å². The quantitative estimate of drug-likeness (QED) is 0.540. The topological polar surface area (TPSA) is 124 Å². The number of anilines is 2. The number of carbonyl (C=O) groups excluding carboxylic acids is 1. The van der Waals surface area contributed by atoms with Gasteiger partial charge in [-0.3, -0.25) is 9.48 Å². The highest BCUT2D eigenvalue weighted by atomic mass is 19.1. The smallest absolute Gasteiger partial charge is 0.252 e. The summed E-state index contributed by atoms with van der Waals surface area (Å²) in [5, 5.41) is 8.73. The summed E-state index contributed by atoms with van der Waals surface area (Å²) in [6.07, 6.45) is 5.34. The van der Waals surface area contributed by atoms with Crippen LogP contribution in [0.5, 0.6) is 0 Å². The molecule has 1 fully saturated rings. The molecule has 0 radical (unpaired) electrons. The van der Waals surface area contributed by atoms with Crippen molar-refractivity contribution in [2.45, 2.75) is 51.5 Å². The molecule has 1 aromatic carbocycles. The van der Waals surface area contributed by atoms with Gasteiger partial charge in [0, 0.05) is 29.9 Å². The monoisotopic (exact) mass is 437 g/mol. The maximum Gasteiger partial charge on any atom is 0.252 e. The first-order valence-electron chi connectivity index (χ1n) is 10.9. The number of halogens is 1. The minimum absolute atomic E-state index is 0.0422. The molecule has 5 N–H and O–H groups in total. The van der Waals surface area contributed by atoms with Crippen LogP contribution in [-0.4, -0.2) is 32.4 Å². The molecule has 2 aromatic heterocycles. The van der Waals surface area contributed by atoms with Crippen LogP contribution >= 0.6 is 0 Å². The van der Waals surface area contributed by atoms with E-state index in [4.69, 9.17) is 11.5 Å². The average Bonchev–Trinajstić information content (AvgIpc) is 3.06. The minimum Gasteiger partial charge on any atom is -0.365 e. The number of nitrogens with two attached hydrogens (primary N) is 2. The van der Waals surface area contributed by atoms with Crippen LogP contribution in [0, 0.1) is 5.82 Å². The van der Waals surface area contributed by atoms with E-state index in [1.807, 2.05) is 29.9 Å². The summed E-state index contributed by atoms with van der Waals surface area (Å²) >= 11 is 0. The molecule has 1 amide bonds. The third-order valence-corrected chi connectivity index (χ3v) is 5.77. The molecule has 4 rings (SSSR count). The van der Waals surface area contributed by atoms with Gasteiger partial charge in [0.1, 0.15) is 5.82 Å². The summed E-state index contributed by atoms with van der Waals surface area (Å²) in [6.45, 7) is 2.10. The van der Waals surface area contributed by atoms with Gasteiger partial charge in [-0.2, -0.15) is 5.10 Å². The minimum atomic E-state index is -0.776. The van der Waals surface area contributed by atoms with Crippen molar-refractivity contribution in [1.82, 2.24) is 14.8 Å². The van der Waals surface area contributed by atoms with Gasteiger partial charge in [-0.1, -0.05) is 19.8 Å². The second-order valence-corrected chi connectivity index (χ2v) is 8.19. The van der Waals surface area contributed by atoms with Crippen molar-refractivity contribution >= 4 is 39.8 Å². The predicted molar refractivity (Wildman–Crippen MR) is 124 cm³/mol. The van der Waals surface area contributed by atoms with Crippen LogP contribution in [0.1, 0.15) is 55.1 Å². The number of hydrogen-bond acceptors (Lipinski definition) is 6. The Labute approximate surface area is 185 Å². The fourth-order valence-corrected chi connectivity index (χ4v) is 4.11. The molecule has 9 heteroatoms. The van der Waals surface area contributed by atoms with Crippen LogP contribution < -0.4 is 16.8 Å². The van der Waals surface area contributed by atoms with E-state index >= 15 is 0 Å². The largest absolute Gasteiger partial charge is 0.365 e. The van der Waals surface area contributed by atoms with Crippen molar-refractivity contribution < 1.29 is 9.18 Å². The number of amides is 1. The molecule has 0 saturated heterocycles. The first kappa shape index (κ1) is 21.9. The number of hydrogen-bond donors (Lipinski definition) is 3. The summed E-state index contributed by atoms with van der Waals surface area (Å²) in [5.74, 6) is -1.42. The van der Waals surface area contributed by atoms with Gasteiger partial charge < -0.3 is 16.8 Å². The van der Waals surface area contributed by atoms with Gasteiger partial charge in [0.05, 0.1) is 16.8 Å². The number of fused-ring (bicyclic) bond motifs is 1. The highest BCUT2D eigenvalue weighted by Crippen LogP contribution is 2.29. The maximum atomic E-state index is 14.7. The lowest BCUT2D eigenvalue weighted by atomic mass is 9.94. The summed E-state index contributed by atoms with van der Waals surface area (Å²) in [5.41, 5.74) is 15.0. The zero-order valence-corrected chi connectivity index (χ0v) is 18.4. The van der Waals surface area contributed by atoms with Crippen molar-refractivity contribution in [2.24, 2.45) is 23.5 Å². The van der Waals surface area contributed by atoms with Crippen molar-refractivity contribution in [3.8, 4) is 0 Å². The van der Waals surface area contributed by atoms with Gasteiger partial charge in [-0.25, -0.2) is 14.4 Å². The van der Waals surface area contributed by atoms with Gasteiger partial charge in [0.25, 0.3) is 5.91 Å². The second-order valence-electron chi connectivity index (χ2n) is 8.19. The van der Waals surface area contributed by atoms with Gasteiger partial charge in [-0.05, 0) is 49.9 Å². The van der Waals surface area contributed by atoms with Crippen molar-refractivity contribution in [3.05, 3.63) is 41.3 Å². The average molecular weight is 438 g/mol. The molecule has 8 nitrogen and oxygen atoms in total. The lowest BCUT2D eigenvalue weighted by Crippen LogP contribution is -2.33. The van der Waals surface area contributed by atoms with Crippen LogP contribution in [0.25, 0.3) is 10.9 Å².